The number of nitrogens with one attached hydrogen (secondary N) is 1. The van der Waals surface area contributed by atoms with E-state index in [4.69, 9.17) is 11.6 Å². The normalized spacial score (nSPS) is 12.0. The van der Waals surface area contributed by atoms with Gasteiger partial charge < -0.3 is 5.32 Å². The molecular weight excluding hydrogens is 441 g/mol. The SMILES string of the molecule is CS(=O)(=O)N(CC(=O)Nc1cccc2ccccc12)c1ccc(Cl)c(C(F)(F)F)c1. The Morgan fingerprint density at radius 2 is 1.73 bits per heavy atom. The first kappa shape index (κ1) is 21.9. The van der Waals surface area contributed by atoms with Crippen molar-refractivity contribution in [3.8, 4) is 0 Å². The predicted octanol–water partition coefficient (Wildman–Crippen LogP) is 4.92. The largest absolute Gasteiger partial charge is 0.417 e. The van der Waals surface area contributed by atoms with E-state index in [1.165, 1.54) is 0 Å². The predicted molar refractivity (Wildman–Crippen MR) is 111 cm³/mol. The molecule has 3 aromatic carbocycles. The summed E-state index contributed by atoms with van der Waals surface area (Å²) in [5.41, 5.74) is -1.05. The van der Waals surface area contributed by atoms with Gasteiger partial charge in [0.1, 0.15) is 6.54 Å². The Kier molecular flexibility index (Phi) is 5.96. The molecule has 0 heterocycles. The van der Waals surface area contributed by atoms with Crippen molar-refractivity contribution in [3.63, 3.8) is 0 Å². The Bertz CT molecular complexity index is 1210. The molecule has 3 aromatic rings. The lowest BCUT2D eigenvalue weighted by Gasteiger charge is -2.23. The third-order valence-electron chi connectivity index (χ3n) is 4.29. The minimum atomic E-state index is -4.78. The summed E-state index contributed by atoms with van der Waals surface area (Å²) >= 11 is 5.60. The molecule has 5 nitrogen and oxygen atoms in total. The molecule has 0 unspecified atom stereocenters. The first-order valence-electron chi connectivity index (χ1n) is 8.59. The molecule has 158 valence electrons. The van der Waals surface area contributed by atoms with Crippen LogP contribution in [0.25, 0.3) is 10.8 Å². The van der Waals surface area contributed by atoms with E-state index in [-0.39, 0.29) is 5.69 Å². The standard InChI is InChI=1S/C20H16ClF3N2O3S/c1-30(28,29)26(14-9-10-17(21)16(11-14)20(22,23)24)12-19(27)25-18-8-4-6-13-5-2-3-7-15(13)18/h2-11H,12H2,1H3,(H,25,27). The second kappa shape index (κ2) is 8.16. The van der Waals surface area contributed by atoms with Crippen LogP contribution in [0.5, 0.6) is 0 Å². The number of anilines is 2. The Hall–Kier alpha value is -2.78. The maximum atomic E-state index is 13.2. The Morgan fingerprint density at radius 3 is 2.40 bits per heavy atom. The highest BCUT2D eigenvalue weighted by atomic mass is 35.5. The number of benzene rings is 3. The van der Waals surface area contributed by atoms with E-state index in [2.05, 4.69) is 5.32 Å². The number of rotatable bonds is 5. The zero-order valence-corrected chi connectivity index (χ0v) is 17.1. The zero-order chi connectivity index (χ0) is 22.1. The van der Waals surface area contributed by atoms with Gasteiger partial charge in [0, 0.05) is 11.1 Å². The van der Waals surface area contributed by atoms with Crippen molar-refractivity contribution < 1.29 is 26.4 Å². The van der Waals surface area contributed by atoms with E-state index in [1.54, 1.807) is 24.3 Å². The Morgan fingerprint density at radius 1 is 1.07 bits per heavy atom. The molecule has 0 radical (unpaired) electrons. The fourth-order valence-electron chi connectivity index (χ4n) is 2.94. The minimum Gasteiger partial charge on any atom is -0.324 e. The van der Waals surface area contributed by atoms with Gasteiger partial charge in [0.2, 0.25) is 15.9 Å². The van der Waals surface area contributed by atoms with Crippen LogP contribution in [0.15, 0.2) is 60.7 Å². The first-order valence-corrected chi connectivity index (χ1v) is 10.8. The van der Waals surface area contributed by atoms with Gasteiger partial charge in [0.25, 0.3) is 0 Å². The lowest BCUT2D eigenvalue weighted by atomic mass is 10.1. The number of sulfonamides is 1. The van der Waals surface area contributed by atoms with Crippen LogP contribution in [0, 0.1) is 0 Å². The van der Waals surface area contributed by atoms with Crippen LogP contribution in [-0.4, -0.2) is 27.1 Å². The Labute approximate surface area is 176 Å². The second-order valence-corrected chi connectivity index (χ2v) is 8.82. The van der Waals surface area contributed by atoms with E-state index in [1.807, 2.05) is 18.2 Å². The number of halogens is 4. The van der Waals surface area contributed by atoms with E-state index in [0.717, 1.165) is 29.2 Å². The topological polar surface area (TPSA) is 66.5 Å². The molecule has 0 spiro atoms. The second-order valence-electron chi connectivity index (χ2n) is 6.51. The fourth-order valence-corrected chi connectivity index (χ4v) is 4.01. The molecule has 10 heteroatoms. The summed E-state index contributed by atoms with van der Waals surface area (Å²) < 4.78 is 64.5. The molecule has 0 saturated heterocycles. The minimum absolute atomic E-state index is 0.317. The maximum absolute atomic E-state index is 13.2. The molecule has 3 rings (SSSR count). The summed E-state index contributed by atoms with van der Waals surface area (Å²) in [5, 5.41) is 3.66. The number of hydrogen-bond donors (Lipinski definition) is 1. The number of carbonyl (C=O) groups is 1. The van der Waals surface area contributed by atoms with Crippen molar-refractivity contribution in [2.45, 2.75) is 6.18 Å². The lowest BCUT2D eigenvalue weighted by molar-refractivity contribution is -0.137. The molecule has 1 amide bonds. The summed E-state index contributed by atoms with van der Waals surface area (Å²) in [4.78, 5) is 12.6. The third kappa shape index (κ3) is 4.85. The van der Waals surface area contributed by atoms with Gasteiger partial charge in [0.15, 0.2) is 0 Å². The summed E-state index contributed by atoms with van der Waals surface area (Å²) in [5.74, 6) is -0.708. The van der Waals surface area contributed by atoms with Crippen LogP contribution in [0.4, 0.5) is 24.5 Å². The maximum Gasteiger partial charge on any atom is 0.417 e. The fraction of sp³-hybridized carbons (Fsp3) is 0.150. The van der Waals surface area contributed by atoms with E-state index in [0.29, 0.717) is 16.1 Å². The van der Waals surface area contributed by atoms with Crippen molar-refractivity contribution in [1.29, 1.82) is 0 Å². The molecule has 0 atom stereocenters. The summed E-state index contributed by atoms with van der Waals surface area (Å²) in [6, 6.07) is 15.1. The number of carbonyl (C=O) groups excluding carboxylic acids is 1. The monoisotopic (exact) mass is 456 g/mol. The van der Waals surface area contributed by atoms with Crippen molar-refractivity contribution in [3.05, 3.63) is 71.2 Å². The van der Waals surface area contributed by atoms with Crippen molar-refractivity contribution >= 4 is 49.7 Å². The average molecular weight is 457 g/mol. The number of alkyl halides is 3. The lowest BCUT2D eigenvalue weighted by Crippen LogP contribution is -2.37. The van der Waals surface area contributed by atoms with Gasteiger partial charge in [-0.1, -0.05) is 48.0 Å². The van der Waals surface area contributed by atoms with Gasteiger partial charge in [-0.05, 0) is 29.7 Å². The van der Waals surface area contributed by atoms with Crippen LogP contribution in [0.3, 0.4) is 0 Å². The van der Waals surface area contributed by atoms with Crippen LogP contribution >= 0.6 is 11.6 Å². The van der Waals surface area contributed by atoms with Gasteiger partial charge >= 0.3 is 6.18 Å². The van der Waals surface area contributed by atoms with Gasteiger partial charge in [-0.2, -0.15) is 13.2 Å². The van der Waals surface area contributed by atoms with Crippen LogP contribution in [0.1, 0.15) is 5.56 Å². The zero-order valence-electron chi connectivity index (χ0n) is 15.6. The van der Waals surface area contributed by atoms with E-state index >= 15 is 0 Å². The number of fused-ring (bicyclic) bond motifs is 1. The third-order valence-corrected chi connectivity index (χ3v) is 5.76. The number of nitrogens with zero attached hydrogens (tertiary/aromatic N) is 1. The van der Waals surface area contributed by atoms with Gasteiger partial charge in [-0.25, -0.2) is 8.42 Å². The van der Waals surface area contributed by atoms with E-state index in [9.17, 15) is 26.4 Å². The average Bonchev–Trinajstić information content (AvgIpc) is 2.65. The number of hydrogen-bond acceptors (Lipinski definition) is 3. The molecule has 30 heavy (non-hydrogen) atoms. The quantitative estimate of drug-likeness (QED) is 0.592. The molecule has 0 aromatic heterocycles. The smallest absolute Gasteiger partial charge is 0.324 e. The molecule has 0 aliphatic rings. The van der Waals surface area contributed by atoms with Crippen molar-refractivity contribution in [2.75, 3.05) is 22.4 Å². The van der Waals surface area contributed by atoms with Crippen molar-refractivity contribution in [2.24, 2.45) is 0 Å². The molecular formula is C20H16ClF3N2O3S. The Balaban J connectivity index is 1.92. The first-order chi connectivity index (χ1) is 14.0. The molecule has 0 bridgehead atoms. The van der Waals surface area contributed by atoms with Crippen LogP contribution in [0.2, 0.25) is 5.02 Å². The molecule has 1 N–H and O–H groups in total. The molecule has 0 aliphatic carbocycles. The van der Waals surface area contributed by atoms with Crippen molar-refractivity contribution in [1.82, 2.24) is 0 Å². The highest BCUT2D eigenvalue weighted by molar-refractivity contribution is 7.92. The molecule has 0 fully saturated rings. The highest BCUT2D eigenvalue weighted by Crippen LogP contribution is 2.37. The van der Waals surface area contributed by atoms with Gasteiger partial charge in [-0.3, -0.25) is 9.10 Å². The highest BCUT2D eigenvalue weighted by Gasteiger charge is 2.34. The summed E-state index contributed by atoms with van der Waals surface area (Å²) in [7, 11) is -4.06. The molecule has 0 aliphatic heterocycles. The molecule has 0 saturated carbocycles. The van der Waals surface area contributed by atoms with Crippen LogP contribution in [-0.2, 0) is 21.0 Å². The number of amides is 1. The van der Waals surface area contributed by atoms with Crippen LogP contribution < -0.4 is 9.62 Å². The summed E-state index contributed by atoms with van der Waals surface area (Å²) in [6.45, 7) is -0.707. The van der Waals surface area contributed by atoms with Gasteiger partial charge in [0.05, 0.1) is 22.5 Å². The van der Waals surface area contributed by atoms with Gasteiger partial charge in [-0.15, -0.1) is 0 Å². The summed E-state index contributed by atoms with van der Waals surface area (Å²) in [6.07, 6.45) is -3.97. The van der Waals surface area contributed by atoms with E-state index < -0.39 is 39.2 Å².